The molecule has 0 fully saturated rings. The second-order valence-electron chi connectivity index (χ2n) is 5.78. The van der Waals surface area contributed by atoms with E-state index in [1.807, 2.05) is 25.3 Å². The maximum Gasteiger partial charge on any atom is 0.227 e. The zero-order valence-electron chi connectivity index (χ0n) is 13.9. The van der Waals surface area contributed by atoms with Gasteiger partial charge in [-0.25, -0.2) is 0 Å². The lowest BCUT2D eigenvalue weighted by molar-refractivity contribution is -0.116. The standard InChI is InChI=1S/C17H16Cl3N5O/c1-11-4-6-24(22-11)7-5-16(26)21-17-15(20)10-25(23-17)9-12-2-3-13(18)8-14(12)19/h2-4,6,8,10H,5,7,9H2,1H3,(H,21,23,26). The molecule has 0 saturated heterocycles. The zero-order valence-corrected chi connectivity index (χ0v) is 16.2. The molecule has 0 unspecified atom stereocenters. The third-order valence-corrected chi connectivity index (χ3v) is 4.53. The molecule has 3 rings (SSSR count). The Balaban J connectivity index is 1.61. The van der Waals surface area contributed by atoms with Gasteiger partial charge in [0.15, 0.2) is 5.82 Å². The highest BCUT2D eigenvalue weighted by molar-refractivity contribution is 6.35. The number of hydrogen-bond donors (Lipinski definition) is 1. The normalized spacial score (nSPS) is 10.9. The van der Waals surface area contributed by atoms with Gasteiger partial charge in [0.05, 0.1) is 12.2 Å². The number of anilines is 1. The minimum Gasteiger partial charge on any atom is -0.308 e. The van der Waals surface area contributed by atoms with Crippen LogP contribution in [0.2, 0.25) is 15.1 Å². The number of hydrogen-bond acceptors (Lipinski definition) is 3. The third-order valence-electron chi connectivity index (χ3n) is 3.66. The van der Waals surface area contributed by atoms with Gasteiger partial charge in [-0.3, -0.25) is 14.2 Å². The summed E-state index contributed by atoms with van der Waals surface area (Å²) in [6.07, 6.45) is 3.74. The monoisotopic (exact) mass is 411 g/mol. The summed E-state index contributed by atoms with van der Waals surface area (Å²) in [6.45, 7) is 2.80. The predicted octanol–water partition coefficient (Wildman–Crippen LogP) is 4.43. The van der Waals surface area contributed by atoms with E-state index >= 15 is 0 Å². The van der Waals surface area contributed by atoms with Crippen LogP contribution in [0.4, 0.5) is 5.82 Å². The van der Waals surface area contributed by atoms with Crippen LogP contribution in [0.5, 0.6) is 0 Å². The maximum atomic E-state index is 12.1. The fraction of sp³-hybridized carbons (Fsp3) is 0.235. The summed E-state index contributed by atoms with van der Waals surface area (Å²) >= 11 is 18.2. The number of carbonyl (C=O) groups is 1. The lowest BCUT2D eigenvalue weighted by Crippen LogP contribution is -2.15. The Labute approximate surface area is 165 Å². The number of aryl methyl sites for hydroxylation is 2. The Morgan fingerprint density at radius 3 is 2.62 bits per heavy atom. The highest BCUT2D eigenvalue weighted by Crippen LogP contribution is 2.24. The highest BCUT2D eigenvalue weighted by Gasteiger charge is 2.12. The predicted molar refractivity (Wildman–Crippen MR) is 103 cm³/mol. The number of aromatic nitrogens is 4. The quantitative estimate of drug-likeness (QED) is 0.651. The number of nitrogens with zero attached hydrogens (tertiary/aromatic N) is 4. The molecule has 1 aromatic carbocycles. The molecule has 6 nitrogen and oxygen atoms in total. The summed E-state index contributed by atoms with van der Waals surface area (Å²) in [5.41, 5.74) is 1.76. The van der Waals surface area contributed by atoms with Crippen molar-refractivity contribution >= 4 is 46.5 Å². The van der Waals surface area contributed by atoms with Gasteiger partial charge in [-0.05, 0) is 30.7 Å². The van der Waals surface area contributed by atoms with Crippen molar-refractivity contribution < 1.29 is 4.79 Å². The van der Waals surface area contributed by atoms with Gasteiger partial charge in [-0.2, -0.15) is 10.2 Å². The first-order valence-electron chi connectivity index (χ1n) is 7.87. The van der Waals surface area contributed by atoms with E-state index in [4.69, 9.17) is 34.8 Å². The molecular formula is C17H16Cl3N5O. The number of halogens is 3. The summed E-state index contributed by atoms with van der Waals surface area (Å²) in [5.74, 6) is 0.133. The first-order chi connectivity index (χ1) is 12.4. The lowest BCUT2D eigenvalue weighted by Gasteiger charge is -2.05. The van der Waals surface area contributed by atoms with Crippen LogP contribution in [-0.2, 0) is 17.9 Å². The van der Waals surface area contributed by atoms with Gasteiger partial charge in [0, 0.05) is 35.4 Å². The van der Waals surface area contributed by atoms with Crippen LogP contribution in [0.15, 0.2) is 36.7 Å². The Kier molecular flexibility index (Phi) is 5.86. The molecule has 136 valence electrons. The van der Waals surface area contributed by atoms with Crippen LogP contribution < -0.4 is 5.32 Å². The van der Waals surface area contributed by atoms with Crippen LogP contribution in [0.3, 0.4) is 0 Å². The maximum absolute atomic E-state index is 12.1. The molecular weight excluding hydrogens is 397 g/mol. The molecule has 9 heteroatoms. The molecule has 0 atom stereocenters. The van der Waals surface area contributed by atoms with Crippen LogP contribution in [0.25, 0.3) is 0 Å². The van der Waals surface area contributed by atoms with Gasteiger partial charge in [-0.1, -0.05) is 40.9 Å². The molecule has 1 amide bonds. The van der Waals surface area contributed by atoms with Crippen molar-refractivity contribution in [1.29, 1.82) is 0 Å². The smallest absolute Gasteiger partial charge is 0.227 e. The van der Waals surface area contributed by atoms with Crippen molar-refractivity contribution in [1.82, 2.24) is 19.6 Å². The highest BCUT2D eigenvalue weighted by atomic mass is 35.5. The van der Waals surface area contributed by atoms with Gasteiger partial charge in [0.25, 0.3) is 0 Å². The molecule has 0 aliphatic heterocycles. The van der Waals surface area contributed by atoms with E-state index in [9.17, 15) is 4.79 Å². The Morgan fingerprint density at radius 2 is 1.92 bits per heavy atom. The zero-order chi connectivity index (χ0) is 18.7. The molecule has 0 saturated carbocycles. The number of carbonyl (C=O) groups excluding carboxylic acids is 1. The summed E-state index contributed by atoms with van der Waals surface area (Å²) in [4.78, 5) is 12.1. The van der Waals surface area contributed by atoms with E-state index < -0.39 is 0 Å². The molecule has 0 bridgehead atoms. The Morgan fingerprint density at radius 1 is 1.12 bits per heavy atom. The lowest BCUT2D eigenvalue weighted by atomic mass is 10.2. The average molecular weight is 413 g/mol. The second-order valence-corrected chi connectivity index (χ2v) is 7.03. The first-order valence-corrected chi connectivity index (χ1v) is 9.01. The van der Waals surface area contributed by atoms with Crippen LogP contribution in [-0.4, -0.2) is 25.5 Å². The fourth-order valence-corrected chi connectivity index (χ4v) is 3.05. The van der Waals surface area contributed by atoms with E-state index in [0.717, 1.165) is 11.3 Å². The molecule has 0 aliphatic rings. The van der Waals surface area contributed by atoms with Crippen molar-refractivity contribution in [2.24, 2.45) is 0 Å². The molecule has 3 aromatic rings. The van der Waals surface area contributed by atoms with Crippen molar-refractivity contribution in [2.45, 2.75) is 26.4 Å². The van der Waals surface area contributed by atoms with E-state index in [0.29, 0.717) is 34.0 Å². The van der Waals surface area contributed by atoms with Crippen molar-refractivity contribution in [3.05, 3.63) is 63.0 Å². The summed E-state index contributed by atoms with van der Waals surface area (Å²) in [7, 11) is 0. The summed E-state index contributed by atoms with van der Waals surface area (Å²) < 4.78 is 3.33. The van der Waals surface area contributed by atoms with Crippen LogP contribution in [0, 0.1) is 6.92 Å². The van der Waals surface area contributed by atoms with Crippen molar-refractivity contribution in [2.75, 3.05) is 5.32 Å². The third kappa shape index (κ3) is 4.78. The van der Waals surface area contributed by atoms with Gasteiger partial charge in [0.1, 0.15) is 5.02 Å². The van der Waals surface area contributed by atoms with E-state index in [-0.39, 0.29) is 12.3 Å². The second kappa shape index (κ2) is 8.12. The average Bonchev–Trinajstić information content (AvgIpc) is 3.14. The van der Waals surface area contributed by atoms with Crippen LogP contribution in [0.1, 0.15) is 17.7 Å². The molecule has 2 aromatic heterocycles. The Hall–Kier alpha value is -2.02. The minimum atomic E-state index is -0.185. The largest absolute Gasteiger partial charge is 0.308 e. The Bertz CT molecular complexity index is 934. The van der Waals surface area contributed by atoms with Crippen molar-refractivity contribution in [3.63, 3.8) is 0 Å². The minimum absolute atomic E-state index is 0.185. The topological polar surface area (TPSA) is 64.7 Å². The van der Waals surface area contributed by atoms with Crippen molar-refractivity contribution in [3.8, 4) is 0 Å². The molecule has 0 radical (unpaired) electrons. The van der Waals surface area contributed by atoms with E-state index in [1.165, 1.54) is 0 Å². The molecule has 0 aliphatic carbocycles. The molecule has 1 N–H and O–H groups in total. The van der Waals surface area contributed by atoms with Gasteiger partial charge < -0.3 is 5.32 Å². The SMILES string of the molecule is Cc1ccn(CCC(=O)Nc2nn(Cc3ccc(Cl)cc3Cl)cc2Cl)n1. The first kappa shape index (κ1) is 18.8. The fourth-order valence-electron chi connectivity index (χ4n) is 2.39. The van der Waals surface area contributed by atoms with E-state index in [2.05, 4.69) is 15.5 Å². The number of nitrogens with one attached hydrogen (secondary N) is 1. The molecule has 0 spiro atoms. The van der Waals surface area contributed by atoms with Gasteiger partial charge in [-0.15, -0.1) is 0 Å². The van der Waals surface area contributed by atoms with Gasteiger partial charge >= 0.3 is 0 Å². The number of rotatable bonds is 6. The van der Waals surface area contributed by atoms with Gasteiger partial charge in [0.2, 0.25) is 5.91 Å². The summed E-state index contributed by atoms with van der Waals surface area (Å²) in [6, 6.07) is 7.14. The number of benzene rings is 1. The molecule has 26 heavy (non-hydrogen) atoms. The molecule has 2 heterocycles. The van der Waals surface area contributed by atoms with E-state index in [1.54, 1.807) is 27.7 Å². The number of amides is 1. The summed E-state index contributed by atoms with van der Waals surface area (Å²) in [5, 5.41) is 12.7. The van der Waals surface area contributed by atoms with Crippen LogP contribution >= 0.6 is 34.8 Å².